The third-order valence-corrected chi connectivity index (χ3v) is 7.26. The summed E-state index contributed by atoms with van der Waals surface area (Å²) in [7, 11) is 1.60. The molecule has 39 heavy (non-hydrogen) atoms. The van der Waals surface area contributed by atoms with Gasteiger partial charge in [0.2, 0.25) is 0 Å². The zero-order valence-corrected chi connectivity index (χ0v) is 21.9. The molecule has 1 unspecified atom stereocenters. The summed E-state index contributed by atoms with van der Waals surface area (Å²) in [5.74, 6) is -1.26. The van der Waals surface area contributed by atoms with Gasteiger partial charge in [-0.1, -0.05) is 48.5 Å². The van der Waals surface area contributed by atoms with E-state index in [-0.39, 0.29) is 6.42 Å². The fraction of sp³-hybridized carbons (Fsp3) is 0.129. The van der Waals surface area contributed by atoms with E-state index in [9.17, 15) is 9.90 Å². The van der Waals surface area contributed by atoms with Crippen molar-refractivity contribution in [3.63, 3.8) is 0 Å². The first kappa shape index (κ1) is 24.8. The molecule has 194 valence electrons. The first-order valence-electron chi connectivity index (χ1n) is 12.4. The Morgan fingerprint density at radius 2 is 1.62 bits per heavy atom. The van der Waals surface area contributed by atoms with Crippen LogP contribution >= 0.6 is 11.7 Å². The first-order chi connectivity index (χ1) is 19.0. The lowest BCUT2D eigenvalue weighted by Gasteiger charge is -2.26. The minimum Gasteiger partial charge on any atom is -0.497 e. The quantitative estimate of drug-likeness (QED) is 0.255. The van der Waals surface area contributed by atoms with Gasteiger partial charge in [-0.25, -0.2) is 4.79 Å². The van der Waals surface area contributed by atoms with Crippen LogP contribution < -0.4 is 9.47 Å². The summed E-state index contributed by atoms with van der Waals surface area (Å²) in [6.07, 6.45) is 0.258. The average molecular weight is 537 g/mol. The van der Waals surface area contributed by atoms with Crippen LogP contribution in [-0.2, 0) is 28.3 Å². The van der Waals surface area contributed by atoms with Crippen LogP contribution in [0.2, 0.25) is 0 Å². The van der Waals surface area contributed by atoms with E-state index in [2.05, 4.69) is 8.75 Å². The summed E-state index contributed by atoms with van der Waals surface area (Å²) < 4.78 is 25.6. The van der Waals surface area contributed by atoms with Gasteiger partial charge in [0.15, 0.2) is 0 Å². The molecule has 0 radical (unpaired) electrons. The van der Waals surface area contributed by atoms with Crippen LogP contribution in [0.5, 0.6) is 11.5 Å². The Morgan fingerprint density at radius 1 is 0.846 bits per heavy atom. The van der Waals surface area contributed by atoms with Gasteiger partial charge in [0, 0.05) is 17.6 Å². The van der Waals surface area contributed by atoms with Crippen molar-refractivity contribution in [2.24, 2.45) is 0 Å². The van der Waals surface area contributed by atoms with Crippen molar-refractivity contribution >= 4 is 34.3 Å². The van der Waals surface area contributed by atoms with E-state index in [4.69, 9.17) is 14.2 Å². The molecule has 0 bridgehead atoms. The molecule has 0 spiro atoms. The van der Waals surface area contributed by atoms with Gasteiger partial charge in [0.1, 0.15) is 29.1 Å². The number of hydrogen-bond acceptors (Lipinski definition) is 8. The number of nitrogens with zero attached hydrogens (tertiary/aromatic N) is 2. The van der Waals surface area contributed by atoms with E-state index in [1.165, 1.54) is 0 Å². The van der Waals surface area contributed by atoms with Gasteiger partial charge in [-0.15, -0.1) is 0 Å². The second kappa shape index (κ2) is 10.3. The Kier molecular flexibility index (Phi) is 6.56. The maximum atomic E-state index is 13.4. The Balaban J connectivity index is 1.39. The summed E-state index contributed by atoms with van der Waals surface area (Å²) in [5.41, 5.74) is 5.09. The van der Waals surface area contributed by atoms with Crippen molar-refractivity contribution in [3.8, 4) is 11.5 Å². The van der Waals surface area contributed by atoms with E-state index in [0.29, 0.717) is 45.9 Å². The lowest BCUT2D eigenvalue weighted by atomic mass is 9.88. The van der Waals surface area contributed by atoms with Gasteiger partial charge < -0.3 is 19.3 Å². The lowest BCUT2D eigenvalue weighted by Crippen LogP contribution is -2.29. The highest BCUT2D eigenvalue weighted by Gasteiger charge is 2.48. The smallest absolute Gasteiger partial charge is 0.342 e. The maximum absolute atomic E-state index is 13.4. The van der Waals surface area contributed by atoms with Crippen LogP contribution in [0, 0.1) is 0 Å². The number of esters is 1. The molecule has 1 aromatic heterocycles. The molecule has 1 atom stereocenters. The number of methoxy groups -OCH3 is 1. The summed E-state index contributed by atoms with van der Waals surface area (Å²) in [5, 5.41) is 12.0. The number of aliphatic hydroxyl groups is 1. The van der Waals surface area contributed by atoms with Gasteiger partial charge in [0.05, 0.1) is 24.4 Å². The molecule has 5 aromatic rings. The normalized spacial score (nSPS) is 16.9. The molecule has 8 heteroatoms. The number of carbonyl (C=O) groups is 1. The van der Waals surface area contributed by atoms with Crippen molar-refractivity contribution in [2.45, 2.75) is 18.8 Å². The second-order valence-corrected chi connectivity index (χ2v) is 9.71. The SMILES string of the molecule is COc1cccc(CC2=C(c3ccc4nsnc4c3)C(=O)OC2(O)c2ccc(OCc3ccccc3)cc2)c1. The molecule has 2 heterocycles. The van der Waals surface area contributed by atoms with Gasteiger partial charge >= 0.3 is 5.97 Å². The number of benzene rings is 4. The van der Waals surface area contributed by atoms with E-state index < -0.39 is 11.8 Å². The third kappa shape index (κ3) is 4.87. The zero-order chi connectivity index (χ0) is 26.8. The van der Waals surface area contributed by atoms with Crippen molar-refractivity contribution in [1.29, 1.82) is 0 Å². The van der Waals surface area contributed by atoms with Crippen LogP contribution in [0.25, 0.3) is 16.6 Å². The summed E-state index contributed by atoms with van der Waals surface area (Å²) in [6.45, 7) is 0.415. The fourth-order valence-corrected chi connectivity index (χ4v) is 5.23. The molecule has 0 saturated carbocycles. The average Bonchev–Trinajstić information content (AvgIpc) is 3.54. The highest BCUT2D eigenvalue weighted by atomic mass is 32.1. The standard InChI is InChI=1S/C31H24N2O5S/c1-36-25-9-5-8-21(16-25)17-26-29(22-10-15-27-28(18-22)33-39-32-27)30(34)38-31(26,35)23-11-13-24(14-12-23)37-19-20-6-3-2-4-7-20/h2-16,18,35H,17,19H2,1H3. The Bertz CT molecular complexity index is 1680. The molecule has 0 fully saturated rings. The highest BCUT2D eigenvalue weighted by molar-refractivity contribution is 7.00. The van der Waals surface area contributed by atoms with Crippen molar-refractivity contribution < 1.29 is 24.1 Å². The summed E-state index contributed by atoms with van der Waals surface area (Å²) >= 11 is 1.11. The molecule has 0 amide bonds. The molecule has 7 nitrogen and oxygen atoms in total. The number of cyclic esters (lactones) is 1. The van der Waals surface area contributed by atoms with E-state index >= 15 is 0 Å². The van der Waals surface area contributed by atoms with Crippen LogP contribution in [0.3, 0.4) is 0 Å². The minimum atomic E-state index is -1.97. The van der Waals surface area contributed by atoms with Crippen molar-refractivity contribution in [1.82, 2.24) is 8.75 Å². The number of aromatic nitrogens is 2. The molecule has 1 aliphatic heterocycles. The third-order valence-electron chi connectivity index (χ3n) is 6.71. The number of carbonyl (C=O) groups excluding carboxylic acids is 1. The monoisotopic (exact) mass is 536 g/mol. The van der Waals surface area contributed by atoms with E-state index in [0.717, 1.165) is 28.4 Å². The second-order valence-electron chi connectivity index (χ2n) is 9.18. The first-order valence-corrected chi connectivity index (χ1v) is 13.1. The number of ether oxygens (including phenoxy) is 3. The van der Waals surface area contributed by atoms with Crippen molar-refractivity contribution in [3.05, 3.63) is 125 Å². The van der Waals surface area contributed by atoms with Crippen molar-refractivity contribution in [2.75, 3.05) is 7.11 Å². The van der Waals surface area contributed by atoms with Gasteiger partial charge in [0.25, 0.3) is 5.79 Å². The number of fused-ring (bicyclic) bond motifs is 1. The number of rotatable bonds is 8. The lowest BCUT2D eigenvalue weighted by molar-refractivity contribution is -0.185. The molecule has 0 saturated heterocycles. The van der Waals surface area contributed by atoms with Gasteiger partial charge in [-0.05, 0) is 65.2 Å². The van der Waals surface area contributed by atoms with Crippen LogP contribution in [0.4, 0.5) is 0 Å². The molecule has 4 aromatic carbocycles. The zero-order valence-electron chi connectivity index (χ0n) is 21.0. The molecule has 1 aliphatic rings. The largest absolute Gasteiger partial charge is 0.497 e. The van der Waals surface area contributed by atoms with Crippen LogP contribution in [0.1, 0.15) is 22.3 Å². The molecule has 1 N–H and O–H groups in total. The van der Waals surface area contributed by atoms with Crippen LogP contribution in [0.15, 0.2) is 103 Å². The fourth-order valence-electron chi connectivity index (χ4n) is 4.72. The molecular formula is C31H24N2O5S. The molecule has 6 rings (SSSR count). The van der Waals surface area contributed by atoms with Crippen LogP contribution in [-0.4, -0.2) is 26.9 Å². The molecule has 0 aliphatic carbocycles. The molecular weight excluding hydrogens is 512 g/mol. The topological polar surface area (TPSA) is 90.8 Å². The number of hydrogen-bond donors (Lipinski definition) is 1. The Labute approximate surface area is 229 Å². The van der Waals surface area contributed by atoms with Gasteiger partial charge in [-0.3, -0.25) is 0 Å². The van der Waals surface area contributed by atoms with Gasteiger partial charge in [-0.2, -0.15) is 8.75 Å². The predicted molar refractivity (Wildman–Crippen MR) is 148 cm³/mol. The van der Waals surface area contributed by atoms with E-state index in [1.54, 1.807) is 43.5 Å². The minimum absolute atomic E-state index is 0.258. The predicted octanol–water partition coefficient (Wildman–Crippen LogP) is 5.68. The van der Waals surface area contributed by atoms with E-state index in [1.807, 2.05) is 60.7 Å². The summed E-state index contributed by atoms with van der Waals surface area (Å²) in [4.78, 5) is 13.4. The summed E-state index contributed by atoms with van der Waals surface area (Å²) in [6, 6.07) is 29.8. The highest BCUT2D eigenvalue weighted by Crippen LogP contribution is 2.45. The Morgan fingerprint density at radius 3 is 2.41 bits per heavy atom. The maximum Gasteiger partial charge on any atom is 0.342 e. The Hall–Kier alpha value is -4.53.